The smallest absolute Gasteiger partial charge is 0.246 e. The van der Waals surface area contributed by atoms with Gasteiger partial charge in [0.25, 0.3) is 0 Å². The van der Waals surface area contributed by atoms with Crippen molar-refractivity contribution in [2.75, 3.05) is 6.54 Å². The van der Waals surface area contributed by atoms with E-state index < -0.39 is 6.04 Å². The third-order valence-corrected chi connectivity index (χ3v) is 4.94. The van der Waals surface area contributed by atoms with Gasteiger partial charge in [-0.2, -0.15) is 0 Å². The van der Waals surface area contributed by atoms with Crippen LogP contribution in [0.1, 0.15) is 43.1 Å². The molecule has 2 rings (SSSR count). The molecule has 1 fully saturated rings. The molecule has 0 bridgehead atoms. The second-order valence-corrected chi connectivity index (χ2v) is 6.65. The fourth-order valence-corrected chi connectivity index (χ4v) is 3.18. The topological polar surface area (TPSA) is 62.3 Å². The lowest BCUT2D eigenvalue weighted by atomic mass is 9.95. The first-order valence-corrected chi connectivity index (χ1v) is 7.77. The number of aryl methyl sites for hydroxylation is 1. The van der Waals surface area contributed by atoms with Crippen LogP contribution in [0, 0.1) is 12.8 Å². The van der Waals surface area contributed by atoms with Crippen LogP contribution in [0.5, 0.6) is 0 Å². The largest absolute Gasteiger partial charge is 0.342 e. The van der Waals surface area contributed by atoms with E-state index in [9.17, 15) is 9.59 Å². The Morgan fingerprint density at radius 2 is 2.20 bits per heavy atom. The van der Waals surface area contributed by atoms with E-state index in [1.165, 1.54) is 0 Å². The Balaban J connectivity index is 2.21. The molecule has 0 radical (unpaired) electrons. The molecule has 110 valence electrons. The van der Waals surface area contributed by atoms with Crippen LogP contribution in [-0.4, -0.2) is 34.3 Å². The molecule has 1 aromatic heterocycles. The zero-order chi connectivity index (χ0) is 14.9. The number of piperazine rings is 1. The monoisotopic (exact) mass is 295 g/mol. The summed E-state index contributed by atoms with van der Waals surface area (Å²) < 4.78 is 0. The van der Waals surface area contributed by atoms with Crippen molar-refractivity contribution in [2.24, 2.45) is 5.92 Å². The quantitative estimate of drug-likeness (QED) is 0.922. The lowest BCUT2D eigenvalue weighted by Crippen LogP contribution is -2.60. The molecule has 2 heterocycles. The van der Waals surface area contributed by atoms with E-state index in [1.807, 2.05) is 27.7 Å². The van der Waals surface area contributed by atoms with Crippen molar-refractivity contribution < 1.29 is 9.59 Å². The summed E-state index contributed by atoms with van der Waals surface area (Å²) in [5.74, 6) is 0.0498. The van der Waals surface area contributed by atoms with Crippen molar-refractivity contribution in [1.29, 1.82) is 0 Å². The molecular formula is C14H21N3O2S. The van der Waals surface area contributed by atoms with Crippen LogP contribution in [0.3, 0.4) is 0 Å². The fourth-order valence-electron chi connectivity index (χ4n) is 2.34. The van der Waals surface area contributed by atoms with E-state index in [0.29, 0.717) is 0 Å². The van der Waals surface area contributed by atoms with E-state index >= 15 is 0 Å². The zero-order valence-corrected chi connectivity index (χ0v) is 13.2. The number of carbonyl (C=O) groups excluding carboxylic acids is 2. The minimum atomic E-state index is -0.412. The Morgan fingerprint density at radius 3 is 2.75 bits per heavy atom. The first kappa shape index (κ1) is 15.0. The summed E-state index contributed by atoms with van der Waals surface area (Å²) in [7, 11) is 0. The van der Waals surface area contributed by atoms with Gasteiger partial charge >= 0.3 is 0 Å². The molecule has 3 unspecified atom stereocenters. The van der Waals surface area contributed by atoms with E-state index in [4.69, 9.17) is 0 Å². The number of amides is 2. The maximum atomic E-state index is 12.6. The van der Waals surface area contributed by atoms with Crippen LogP contribution in [0.2, 0.25) is 0 Å². The highest BCUT2D eigenvalue weighted by molar-refractivity contribution is 7.11. The first-order valence-electron chi connectivity index (χ1n) is 6.96. The number of thiazole rings is 1. The average Bonchev–Trinajstić information content (AvgIpc) is 2.86. The molecule has 0 spiro atoms. The van der Waals surface area contributed by atoms with Crippen molar-refractivity contribution in [3.05, 3.63) is 16.1 Å². The number of aromatic nitrogens is 1. The number of nitrogens with zero attached hydrogens (tertiary/aromatic N) is 2. The molecule has 1 aliphatic rings. The standard InChI is InChI=1S/C14H21N3O2S/c1-5-8(2)12-14(19)17(7-11(18)16-12)10(4)13-15-6-9(3)20-13/h6,8,10,12H,5,7H2,1-4H3,(H,16,18). The molecule has 20 heavy (non-hydrogen) atoms. The average molecular weight is 295 g/mol. The number of hydrogen-bond acceptors (Lipinski definition) is 4. The van der Waals surface area contributed by atoms with Crippen LogP contribution >= 0.6 is 11.3 Å². The molecule has 0 saturated carbocycles. The molecule has 1 N–H and O–H groups in total. The molecule has 6 heteroatoms. The van der Waals surface area contributed by atoms with Gasteiger partial charge in [-0.15, -0.1) is 11.3 Å². The SMILES string of the molecule is CCC(C)C1NC(=O)CN(C(C)c2ncc(C)s2)C1=O. The Hall–Kier alpha value is -1.43. The molecule has 2 amide bonds. The van der Waals surface area contributed by atoms with Crippen molar-refractivity contribution in [3.8, 4) is 0 Å². The fraction of sp³-hybridized carbons (Fsp3) is 0.643. The number of rotatable bonds is 4. The van der Waals surface area contributed by atoms with Crippen molar-refractivity contribution >= 4 is 23.2 Å². The molecule has 5 nitrogen and oxygen atoms in total. The Kier molecular flexibility index (Phi) is 4.42. The van der Waals surface area contributed by atoms with Crippen molar-refractivity contribution in [1.82, 2.24) is 15.2 Å². The van der Waals surface area contributed by atoms with Gasteiger partial charge in [-0.25, -0.2) is 4.98 Å². The number of hydrogen-bond donors (Lipinski definition) is 1. The highest BCUT2D eigenvalue weighted by Crippen LogP contribution is 2.27. The first-order chi connectivity index (χ1) is 9.43. The van der Waals surface area contributed by atoms with Crippen LogP contribution in [-0.2, 0) is 9.59 Å². The van der Waals surface area contributed by atoms with Crippen molar-refractivity contribution in [2.45, 2.75) is 46.2 Å². The summed E-state index contributed by atoms with van der Waals surface area (Å²) in [6.45, 7) is 8.05. The van der Waals surface area contributed by atoms with Gasteiger partial charge in [0.05, 0.1) is 6.04 Å². The highest BCUT2D eigenvalue weighted by Gasteiger charge is 2.38. The Labute approximate surface area is 123 Å². The summed E-state index contributed by atoms with van der Waals surface area (Å²) in [6.07, 6.45) is 2.66. The van der Waals surface area contributed by atoms with Gasteiger partial charge in [0.2, 0.25) is 11.8 Å². The van der Waals surface area contributed by atoms with E-state index in [-0.39, 0.29) is 30.3 Å². The number of nitrogens with one attached hydrogen (secondary N) is 1. The lowest BCUT2D eigenvalue weighted by Gasteiger charge is -2.37. The summed E-state index contributed by atoms with van der Waals surface area (Å²) in [5.41, 5.74) is 0. The van der Waals surface area contributed by atoms with Gasteiger partial charge < -0.3 is 10.2 Å². The zero-order valence-electron chi connectivity index (χ0n) is 12.3. The maximum Gasteiger partial charge on any atom is 0.246 e. The van der Waals surface area contributed by atoms with E-state index in [1.54, 1.807) is 22.4 Å². The summed E-state index contributed by atoms with van der Waals surface area (Å²) in [5, 5.41) is 3.69. The molecule has 3 atom stereocenters. The number of carbonyl (C=O) groups is 2. The predicted octanol–water partition coefficient (Wildman–Crippen LogP) is 1.89. The summed E-state index contributed by atoms with van der Waals surface area (Å²) in [6, 6.07) is -0.566. The van der Waals surface area contributed by atoms with E-state index in [2.05, 4.69) is 10.3 Å². The second-order valence-electron chi connectivity index (χ2n) is 5.38. The Morgan fingerprint density at radius 1 is 1.50 bits per heavy atom. The summed E-state index contributed by atoms with van der Waals surface area (Å²) in [4.78, 5) is 31.5. The molecule has 1 saturated heterocycles. The molecule has 0 aromatic carbocycles. The Bertz CT molecular complexity index is 514. The molecule has 1 aliphatic heterocycles. The van der Waals surface area contributed by atoms with Gasteiger partial charge in [0.1, 0.15) is 17.6 Å². The maximum absolute atomic E-state index is 12.6. The van der Waals surface area contributed by atoms with Crippen LogP contribution in [0.15, 0.2) is 6.20 Å². The third-order valence-electron chi connectivity index (χ3n) is 3.86. The minimum absolute atomic E-state index is 0.000645. The molecule has 1 aromatic rings. The van der Waals surface area contributed by atoms with Gasteiger partial charge in [-0.3, -0.25) is 9.59 Å². The van der Waals surface area contributed by atoms with Gasteiger partial charge in [-0.05, 0) is 19.8 Å². The normalized spacial score (nSPS) is 22.6. The van der Waals surface area contributed by atoms with E-state index in [0.717, 1.165) is 16.3 Å². The second kappa shape index (κ2) is 5.91. The predicted molar refractivity (Wildman–Crippen MR) is 78.4 cm³/mol. The summed E-state index contributed by atoms with van der Waals surface area (Å²) >= 11 is 1.57. The van der Waals surface area contributed by atoms with Crippen molar-refractivity contribution in [3.63, 3.8) is 0 Å². The van der Waals surface area contributed by atoms with Crippen LogP contribution < -0.4 is 5.32 Å². The molecule has 0 aliphatic carbocycles. The van der Waals surface area contributed by atoms with Gasteiger partial charge in [-0.1, -0.05) is 20.3 Å². The van der Waals surface area contributed by atoms with Gasteiger partial charge in [0.15, 0.2) is 0 Å². The third kappa shape index (κ3) is 2.85. The highest BCUT2D eigenvalue weighted by atomic mass is 32.1. The molecular weight excluding hydrogens is 274 g/mol. The van der Waals surface area contributed by atoms with Crippen LogP contribution in [0.4, 0.5) is 0 Å². The lowest BCUT2D eigenvalue weighted by molar-refractivity contribution is -0.148. The minimum Gasteiger partial charge on any atom is -0.342 e. The van der Waals surface area contributed by atoms with Gasteiger partial charge in [0, 0.05) is 11.1 Å². The van der Waals surface area contributed by atoms with Crippen LogP contribution in [0.25, 0.3) is 0 Å².